The lowest BCUT2D eigenvalue weighted by molar-refractivity contribution is -0.119. The van der Waals surface area contributed by atoms with Crippen LogP contribution >= 0.6 is 0 Å². The van der Waals surface area contributed by atoms with Gasteiger partial charge in [-0.25, -0.2) is 0 Å². The number of hydrogen-bond acceptors (Lipinski definition) is 2. The number of benzene rings is 1. The standard InChI is InChI=1S/C16H25NO/c1-12(2)8-15(11-17)10-16(18)9-14-6-4-13(3)5-7-14/h4-7,12,15H,8-11,17H2,1-3H3. The predicted molar refractivity (Wildman–Crippen MR) is 76.5 cm³/mol. The molecule has 2 nitrogen and oxygen atoms in total. The highest BCUT2D eigenvalue weighted by Crippen LogP contribution is 2.16. The maximum absolute atomic E-state index is 12.0. The molecule has 2 heteroatoms. The molecule has 1 rings (SSSR count). The van der Waals surface area contributed by atoms with Crippen LogP contribution in [0.25, 0.3) is 0 Å². The first kappa shape index (κ1) is 14.9. The Morgan fingerprint density at radius 3 is 2.33 bits per heavy atom. The van der Waals surface area contributed by atoms with Crippen molar-refractivity contribution in [3.63, 3.8) is 0 Å². The van der Waals surface area contributed by atoms with Crippen molar-refractivity contribution < 1.29 is 4.79 Å². The average Bonchev–Trinajstić information content (AvgIpc) is 2.30. The van der Waals surface area contributed by atoms with Crippen molar-refractivity contribution in [1.29, 1.82) is 0 Å². The van der Waals surface area contributed by atoms with E-state index >= 15 is 0 Å². The molecule has 0 radical (unpaired) electrons. The van der Waals surface area contributed by atoms with Crippen LogP contribution in [0.4, 0.5) is 0 Å². The second-order valence-electron chi connectivity index (χ2n) is 5.64. The minimum absolute atomic E-state index is 0.301. The van der Waals surface area contributed by atoms with Gasteiger partial charge in [-0.2, -0.15) is 0 Å². The van der Waals surface area contributed by atoms with E-state index in [4.69, 9.17) is 5.73 Å². The number of hydrogen-bond donors (Lipinski definition) is 1. The first-order chi connectivity index (χ1) is 8.51. The molecule has 0 aliphatic carbocycles. The normalized spacial score (nSPS) is 12.7. The average molecular weight is 247 g/mol. The summed E-state index contributed by atoms with van der Waals surface area (Å²) >= 11 is 0. The topological polar surface area (TPSA) is 43.1 Å². The molecule has 0 fully saturated rings. The van der Waals surface area contributed by atoms with Gasteiger partial charge < -0.3 is 5.73 Å². The van der Waals surface area contributed by atoms with Crippen LogP contribution in [0.3, 0.4) is 0 Å². The molecule has 1 atom stereocenters. The zero-order valence-corrected chi connectivity index (χ0v) is 11.8. The Labute approximate surface area is 111 Å². The van der Waals surface area contributed by atoms with Crippen LogP contribution in [0.2, 0.25) is 0 Å². The van der Waals surface area contributed by atoms with Gasteiger partial charge in [-0.15, -0.1) is 0 Å². The summed E-state index contributed by atoms with van der Waals surface area (Å²) < 4.78 is 0. The monoisotopic (exact) mass is 247 g/mol. The molecule has 1 aromatic carbocycles. The molecule has 0 aliphatic heterocycles. The highest BCUT2D eigenvalue weighted by Gasteiger charge is 2.14. The predicted octanol–water partition coefficient (Wildman–Crippen LogP) is 3.12. The molecule has 0 saturated heterocycles. The third kappa shape index (κ3) is 5.46. The summed E-state index contributed by atoms with van der Waals surface area (Å²) in [4.78, 5) is 12.0. The summed E-state index contributed by atoms with van der Waals surface area (Å²) in [7, 11) is 0. The third-order valence-electron chi connectivity index (χ3n) is 3.18. The van der Waals surface area contributed by atoms with Crippen molar-refractivity contribution in [2.45, 2.75) is 40.0 Å². The van der Waals surface area contributed by atoms with Crippen molar-refractivity contribution >= 4 is 5.78 Å². The molecule has 1 aromatic rings. The third-order valence-corrected chi connectivity index (χ3v) is 3.18. The summed E-state index contributed by atoms with van der Waals surface area (Å²) in [6.45, 7) is 7.01. The van der Waals surface area contributed by atoms with Gasteiger partial charge in [0, 0.05) is 12.8 Å². The van der Waals surface area contributed by atoms with Gasteiger partial charge in [0.25, 0.3) is 0 Å². The van der Waals surface area contributed by atoms with Gasteiger partial charge in [-0.05, 0) is 37.3 Å². The maximum Gasteiger partial charge on any atom is 0.137 e. The molecular weight excluding hydrogens is 222 g/mol. The summed E-state index contributed by atoms with van der Waals surface area (Å²) in [6, 6.07) is 8.18. The maximum atomic E-state index is 12.0. The van der Waals surface area contributed by atoms with E-state index in [0.29, 0.717) is 37.0 Å². The van der Waals surface area contributed by atoms with Crippen LogP contribution in [0.5, 0.6) is 0 Å². The molecule has 0 spiro atoms. The second-order valence-corrected chi connectivity index (χ2v) is 5.64. The van der Waals surface area contributed by atoms with Crippen LogP contribution < -0.4 is 5.73 Å². The number of nitrogens with two attached hydrogens (primary N) is 1. The van der Waals surface area contributed by atoms with E-state index in [1.54, 1.807) is 0 Å². The van der Waals surface area contributed by atoms with Gasteiger partial charge in [-0.1, -0.05) is 43.7 Å². The van der Waals surface area contributed by atoms with Crippen molar-refractivity contribution in [3.05, 3.63) is 35.4 Å². The molecular formula is C16H25NO. The van der Waals surface area contributed by atoms with E-state index in [1.807, 2.05) is 12.1 Å². The first-order valence-electron chi connectivity index (χ1n) is 6.78. The lowest BCUT2D eigenvalue weighted by Gasteiger charge is -2.16. The first-order valence-corrected chi connectivity index (χ1v) is 6.78. The molecule has 0 aliphatic rings. The minimum Gasteiger partial charge on any atom is -0.330 e. The molecule has 0 amide bonds. The van der Waals surface area contributed by atoms with E-state index in [1.165, 1.54) is 5.56 Å². The molecule has 0 saturated carbocycles. The Kier molecular flexibility index (Phi) is 6.06. The Morgan fingerprint density at radius 1 is 1.22 bits per heavy atom. The van der Waals surface area contributed by atoms with Gasteiger partial charge in [0.05, 0.1) is 0 Å². The number of rotatable bonds is 7. The zero-order valence-electron chi connectivity index (χ0n) is 11.8. The Bertz CT molecular complexity index is 367. The highest BCUT2D eigenvalue weighted by molar-refractivity contribution is 5.81. The van der Waals surface area contributed by atoms with Crippen LogP contribution in [-0.4, -0.2) is 12.3 Å². The smallest absolute Gasteiger partial charge is 0.137 e. The van der Waals surface area contributed by atoms with E-state index in [2.05, 4.69) is 32.9 Å². The van der Waals surface area contributed by atoms with Crippen molar-refractivity contribution in [2.75, 3.05) is 6.54 Å². The number of carbonyl (C=O) groups is 1. The molecule has 18 heavy (non-hydrogen) atoms. The Balaban J connectivity index is 2.47. The largest absolute Gasteiger partial charge is 0.330 e. The molecule has 1 unspecified atom stereocenters. The van der Waals surface area contributed by atoms with Gasteiger partial charge in [0.15, 0.2) is 0 Å². The van der Waals surface area contributed by atoms with Crippen LogP contribution in [-0.2, 0) is 11.2 Å². The van der Waals surface area contributed by atoms with E-state index in [9.17, 15) is 4.79 Å². The summed E-state index contributed by atoms with van der Waals surface area (Å²) in [6.07, 6.45) is 2.19. The second kappa shape index (κ2) is 7.32. The summed E-state index contributed by atoms with van der Waals surface area (Å²) in [5.74, 6) is 1.24. The van der Waals surface area contributed by atoms with Crippen LogP contribution in [0.1, 0.15) is 37.8 Å². The summed E-state index contributed by atoms with van der Waals surface area (Å²) in [5.41, 5.74) is 8.06. The quantitative estimate of drug-likeness (QED) is 0.804. The van der Waals surface area contributed by atoms with E-state index in [-0.39, 0.29) is 0 Å². The van der Waals surface area contributed by atoms with Gasteiger partial charge in [0.1, 0.15) is 5.78 Å². The lowest BCUT2D eigenvalue weighted by atomic mass is 9.91. The number of aryl methyl sites for hydroxylation is 1. The Hall–Kier alpha value is -1.15. The minimum atomic E-state index is 0.301. The Morgan fingerprint density at radius 2 is 1.83 bits per heavy atom. The molecule has 0 aromatic heterocycles. The SMILES string of the molecule is Cc1ccc(CC(=O)CC(CN)CC(C)C)cc1. The van der Waals surface area contributed by atoms with E-state index < -0.39 is 0 Å². The van der Waals surface area contributed by atoms with Crippen molar-refractivity contribution in [2.24, 2.45) is 17.6 Å². The lowest BCUT2D eigenvalue weighted by Crippen LogP contribution is -2.20. The fourth-order valence-corrected chi connectivity index (χ4v) is 2.26. The fraction of sp³-hybridized carbons (Fsp3) is 0.562. The summed E-state index contributed by atoms with van der Waals surface area (Å²) in [5, 5.41) is 0. The van der Waals surface area contributed by atoms with Crippen molar-refractivity contribution in [1.82, 2.24) is 0 Å². The van der Waals surface area contributed by atoms with Crippen LogP contribution in [0.15, 0.2) is 24.3 Å². The zero-order chi connectivity index (χ0) is 13.5. The molecule has 0 bridgehead atoms. The highest BCUT2D eigenvalue weighted by atomic mass is 16.1. The molecule has 2 N–H and O–H groups in total. The van der Waals surface area contributed by atoms with Crippen LogP contribution in [0, 0.1) is 18.8 Å². The molecule has 100 valence electrons. The van der Waals surface area contributed by atoms with Gasteiger partial charge in [0.2, 0.25) is 0 Å². The fourth-order valence-electron chi connectivity index (χ4n) is 2.26. The number of ketones is 1. The van der Waals surface area contributed by atoms with Gasteiger partial charge in [-0.3, -0.25) is 4.79 Å². The van der Waals surface area contributed by atoms with E-state index in [0.717, 1.165) is 12.0 Å². The molecule has 0 heterocycles. The number of Topliss-reactive ketones (excluding diaryl/α,β-unsaturated/α-hetero) is 1. The van der Waals surface area contributed by atoms with Gasteiger partial charge >= 0.3 is 0 Å². The number of carbonyl (C=O) groups excluding carboxylic acids is 1. The van der Waals surface area contributed by atoms with Crippen molar-refractivity contribution in [3.8, 4) is 0 Å².